The molecule has 5 nitrogen and oxygen atoms in total. The summed E-state index contributed by atoms with van der Waals surface area (Å²) in [7, 11) is 2.31. The Morgan fingerprint density at radius 1 is 1.24 bits per heavy atom. The average molecular weight is 380 g/mol. The quantitative estimate of drug-likeness (QED) is 0.779. The van der Waals surface area contributed by atoms with Crippen LogP contribution in [0.25, 0.3) is 5.57 Å². The minimum absolute atomic E-state index is 0.726. The van der Waals surface area contributed by atoms with E-state index in [0.717, 1.165) is 5.92 Å². The van der Waals surface area contributed by atoms with Crippen LogP contribution in [0.5, 0.6) is 0 Å². The second-order valence-corrected chi connectivity index (χ2v) is 7.57. The van der Waals surface area contributed by atoms with Crippen LogP contribution in [0.1, 0.15) is 24.0 Å². The molecule has 3 heterocycles. The lowest BCUT2D eigenvalue weighted by Crippen LogP contribution is -3.10. The molecule has 1 saturated heterocycles. The molecule has 2 aromatic rings. The van der Waals surface area contributed by atoms with Crippen molar-refractivity contribution in [2.45, 2.75) is 12.8 Å². The van der Waals surface area contributed by atoms with E-state index in [-0.39, 0.29) is 0 Å². The molecule has 2 N–H and O–H groups in total. The summed E-state index contributed by atoms with van der Waals surface area (Å²) in [4.78, 5) is 19.7. The van der Waals surface area contributed by atoms with Gasteiger partial charge in [-0.25, -0.2) is 4.79 Å². The third-order valence-corrected chi connectivity index (χ3v) is 5.40. The first-order chi connectivity index (χ1) is 12.0. The molecule has 3 rings (SSSR count). The number of rotatable bonds is 3. The molecule has 0 saturated carbocycles. The first-order valence-corrected chi connectivity index (χ1v) is 9.88. The van der Waals surface area contributed by atoms with Gasteiger partial charge in [-0.2, -0.15) is 22.7 Å². The highest BCUT2D eigenvalue weighted by Crippen LogP contribution is 2.29. The summed E-state index contributed by atoms with van der Waals surface area (Å²) in [6, 6.07) is 4.49. The number of carboxylic acid groups (broad SMARTS) is 2. The van der Waals surface area contributed by atoms with Crippen molar-refractivity contribution in [1.29, 1.82) is 0 Å². The van der Waals surface area contributed by atoms with Gasteiger partial charge in [0.05, 0.1) is 20.1 Å². The van der Waals surface area contributed by atoms with Crippen LogP contribution in [0.4, 0.5) is 0 Å². The number of carboxylic acids is 2. The lowest BCUT2D eigenvalue weighted by molar-refractivity contribution is -0.887. The van der Waals surface area contributed by atoms with Crippen molar-refractivity contribution in [3.05, 3.63) is 50.9 Å². The van der Waals surface area contributed by atoms with Gasteiger partial charge in [-0.15, -0.1) is 0 Å². The van der Waals surface area contributed by atoms with Gasteiger partial charge in [0.1, 0.15) is 0 Å². The lowest BCUT2D eigenvalue weighted by atomic mass is 9.92. The molecule has 2 aromatic heterocycles. The van der Waals surface area contributed by atoms with Gasteiger partial charge in [-0.1, -0.05) is 6.08 Å². The van der Waals surface area contributed by atoms with Crippen molar-refractivity contribution in [1.82, 2.24) is 0 Å². The highest BCUT2D eigenvalue weighted by molar-refractivity contribution is 7.08. The summed E-state index contributed by atoms with van der Waals surface area (Å²) in [5, 5.41) is 25.2. The van der Waals surface area contributed by atoms with Crippen LogP contribution >= 0.6 is 22.7 Å². The fourth-order valence-corrected chi connectivity index (χ4v) is 4.20. The van der Waals surface area contributed by atoms with Crippen LogP contribution in [0, 0.1) is 5.92 Å². The fourth-order valence-electron chi connectivity index (χ4n) is 2.89. The van der Waals surface area contributed by atoms with Crippen LogP contribution in [0.2, 0.25) is 0 Å². The van der Waals surface area contributed by atoms with E-state index in [9.17, 15) is 0 Å². The average Bonchev–Trinajstić information content (AvgIpc) is 3.27. The number of thiophene rings is 2. The van der Waals surface area contributed by atoms with Crippen molar-refractivity contribution in [3.63, 3.8) is 0 Å². The molecule has 25 heavy (non-hydrogen) atoms. The molecule has 0 radical (unpaired) electrons. The van der Waals surface area contributed by atoms with Crippen LogP contribution < -0.4 is 10.0 Å². The van der Waals surface area contributed by atoms with Gasteiger partial charge in [0.2, 0.25) is 0 Å². The summed E-state index contributed by atoms with van der Waals surface area (Å²) in [5.41, 5.74) is 4.19. The Kier molecular flexibility index (Phi) is 7.36. The molecule has 2 unspecified atom stereocenters. The highest BCUT2D eigenvalue weighted by Gasteiger charge is 2.19. The molecule has 1 fully saturated rings. The Labute approximate surface area is 154 Å². The van der Waals surface area contributed by atoms with E-state index in [1.54, 1.807) is 27.6 Å². The van der Waals surface area contributed by atoms with E-state index in [4.69, 9.17) is 19.8 Å². The molecule has 0 aliphatic carbocycles. The van der Waals surface area contributed by atoms with Crippen molar-refractivity contribution < 1.29 is 24.7 Å². The number of nitrogens with one attached hydrogen (secondary N) is 1. The molecule has 2 atom stereocenters. The van der Waals surface area contributed by atoms with E-state index in [1.807, 2.05) is 0 Å². The number of hydrogen-bond donors (Lipinski definition) is 2. The predicted octanol–water partition coefficient (Wildman–Crippen LogP) is 0.987. The Hall–Kier alpha value is -1.96. The molecule has 1 aliphatic heterocycles. The first-order valence-electron chi connectivity index (χ1n) is 8.00. The smallest absolute Gasteiger partial charge is 0.351 e. The maximum absolute atomic E-state index is 9.04. The van der Waals surface area contributed by atoms with E-state index < -0.39 is 11.9 Å². The second-order valence-electron chi connectivity index (χ2n) is 6.01. The molecule has 7 heteroatoms. The molecular weight excluding hydrogens is 358 g/mol. The number of carbonyl (C=O) groups excluding carboxylic acids is 1. The van der Waals surface area contributed by atoms with Crippen LogP contribution in [-0.2, 0) is 9.59 Å². The summed E-state index contributed by atoms with van der Waals surface area (Å²) in [5.74, 6) is -3.28. The number of hydrogen-bond acceptors (Lipinski definition) is 5. The summed E-state index contributed by atoms with van der Waals surface area (Å²) >= 11 is 3.57. The number of carbonyl (C=O) groups is 2. The normalized spacial score (nSPS) is 19.4. The van der Waals surface area contributed by atoms with E-state index in [1.165, 1.54) is 42.6 Å². The number of aliphatic carboxylic acids is 2. The topological polar surface area (TPSA) is 81.9 Å². The van der Waals surface area contributed by atoms with Gasteiger partial charge in [-0.3, -0.25) is 0 Å². The Bertz CT molecular complexity index is 659. The molecule has 1 aliphatic rings. The van der Waals surface area contributed by atoms with Crippen LogP contribution in [-0.4, -0.2) is 37.2 Å². The number of likely N-dealkylation sites (tertiary alicyclic amines) is 1. The molecule has 134 valence electrons. The predicted molar refractivity (Wildman–Crippen MR) is 97.7 cm³/mol. The molecule has 0 aromatic carbocycles. The zero-order valence-electron chi connectivity index (χ0n) is 13.9. The van der Waals surface area contributed by atoms with E-state index in [0.29, 0.717) is 0 Å². The first kappa shape index (κ1) is 19.4. The molecule has 0 amide bonds. The Morgan fingerprint density at radius 3 is 2.20 bits per heavy atom. The van der Waals surface area contributed by atoms with Crippen molar-refractivity contribution in [2.75, 3.05) is 20.1 Å². The monoisotopic (exact) mass is 379 g/mol. The third-order valence-electron chi connectivity index (χ3n) is 4.03. The van der Waals surface area contributed by atoms with Crippen molar-refractivity contribution in [2.24, 2.45) is 5.92 Å². The largest absolute Gasteiger partial charge is 0.539 e. The summed E-state index contributed by atoms with van der Waals surface area (Å²) < 4.78 is 0. The van der Waals surface area contributed by atoms with Crippen LogP contribution in [0.3, 0.4) is 0 Å². The lowest BCUT2D eigenvalue weighted by Gasteiger charge is -2.25. The van der Waals surface area contributed by atoms with Gasteiger partial charge in [0.15, 0.2) is 5.97 Å². The van der Waals surface area contributed by atoms with Gasteiger partial charge >= 0.3 is 5.97 Å². The minimum Gasteiger partial charge on any atom is -0.539 e. The maximum atomic E-state index is 9.04. The number of quaternary nitrogens is 1. The summed E-state index contributed by atoms with van der Waals surface area (Å²) in [6.07, 6.45) is 5.22. The van der Waals surface area contributed by atoms with Gasteiger partial charge in [-0.05, 0) is 63.2 Å². The van der Waals surface area contributed by atoms with E-state index in [2.05, 4.69) is 46.8 Å². The molecule has 0 spiro atoms. The van der Waals surface area contributed by atoms with E-state index >= 15 is 0 Å². The van der Waals surface area contributed by atoms with Crippen molar-refractivity contribution in [3.8, 4) is 0 Å². The third kappa shape index (κ3) is 6.12. The Balaban J connectivity index is 0.000000326. The Morgan fingerprint density at radius 2 is 1.80 bits per heavy atom. The minimum atomic E-state index is -2.07. The fraction of sp³-hybridized carbons (Fsp3) is 0.333. The summed E-state index contributed by atoms with van der Waals surface area (Å²) in [6.45, 7) is 2.61. The standard InChI is InChI=1S/C16H19NS2.C2H2O4/c1-17-6-2-3-13(10-17)9-16(14-4-7-18-11-14)15-5-8-19-12-15;3-1(4)2(5)6/h4-5,7-9,11-13H,2-3,6,10H2,1H3;(H,3,4)(H,5,6). The van der Waals surface area contributed by atoms with Gasteiger partial charge < -0.3 is 19.9 Å². The van der Waals surface area contributed by atoms with Crippen LogP contribution in [0.15, 0.2) is 39.7 Å². The van der Waals surface area contributed by atoms with Crippen molar-refractivity contribution >= 4 is 40.2 Å². The second kappa shape index (κ2) is 9.50. The molecular formula is C18H21NO4S2. The molecule has 0 bridgehead atoms. The zero-order chi connectivity index (χ0) is 18.2. The highest BCUT2D eigenvalue weighted by atomic mass is 32.1. The van der Waals surface area contributed by atoms with Gasteiger partial charge in [0, 0.05) is 5.92 Å². The zero-order valence-corrected chi connectivity index (χ0v) is 15.6. The maximum Gasteiger partial charge on any atom is 0.351 e. The van der Waals surface area contributed by atoms with Gasteiger partial charge in [0.25, 0.3) is 0 Å². The number of piperidine rings is 1. The SMILES string of the molecule is C[NH+]1CCCC(C=C(c2ccsc2)c2ccsc2)C1.O=C([O-])C(=O)O.